The Labute approximate surface area is 144 Å². The summed E-state index contributed by atoms with van der Waals surface area (Å²) in [5.41, 5.74) is 0. The molecule has 1 amide bonds. The maximum Gasteiger partial charge on any atom is 0.243 e. The summed E-state index contributed by atoms with van der Waals surface area (Å²) >= 11 is 0. The molecular formula is C17H25N3O3S. The molecule has 2 aliphatic rings. The summed E-state index contributed by atoms with van der Waals surface area (Å²) in [6.45, 7) is 3.62. The van der Waals surface area contributed by atoms with Crippen LogP contribution in [0.2, 0.25) is 0 Å². The molecule has 1 aromatic carbocycles. The van der Waals surface area contributed by atoms with Crippen LogP contribution in [-0.2, 0) is 14.8 Å². The van der Waals surface area contributed by atoms with Gasteiger partial charge in [-0.1, -0.05) is 18.2 Å². The number of piperidine rings is 1. The van der Waals surface area contributed by atoms with Gasteiger partial charge >= 0.3 is 0 Å². The van der Waals surface area contributed by atoms with Gasteiger partial charge in [0.05, 0.1) is 4.90 Å². The fraction of sp³-hybridized carbons (Fsp3) is 0.588. The first-order valence-electron chi connectivity index (χ1n) is 8.51. The molecule has 0 unspecified atom stereocenters. The maximum absolute atomic E-state index is 12.6. The first kappa shape index (κ1) is 17.4. The summed E-state index contributed by atoms with van der Waals surface area (Å²) in [4.78, 5) is 17.0. The fourth-order valence-electron chi connectivity index (χ4n) is 3.40. The van der Waals surface area contributed by atoms with E-state index in [0.29, 0.717) is 31.1 Å². The van der Waals surface area contributed by atoms with Crippen LogP contribution in [0.3, 0.4) is 0 Å². The van der Waals surface area contributed by atoms with Crippen molar-refractivity contribution < 1.29 is 13.2 Å². The third-order valence-corrected chi connectivity index (χ3v) is 6.91. The van der Waals surface area contributed by atoms with Crippen molar-refractivity contribution in [1.29, 1.82) is 0 Å². The first-order chi connectivity index (χ1) is 11.5. The van der Waals surface area contributed by atoms with E-state index in [1.807, 2.05) is 4.90 Å². The molecule has 2 fully saturated rings. The number of carbonyl (C=O) groups is 1. The molecule has 132 valence electrons. The third-order valence-electron chi connectivity index (χ3n) is 5.00. The van der Waals surface area contributed by atoms with E-state index in [0.717, 1.165) is 25.9 Å². The van der Waals surface area contributed by atoms with E-state index in [2.05, 4.69) is 11.9 Å². The molecule has 0 atom stereocenters. The second kappa shape index (κ2) is 7.21. The van der Waals surface area contributed by atoms with Crippen molar-refractivity contribution in [3.8, 4) is 0 Å². The zero-order valence-corrected chi connectivity index (χ0v) is 14.9. The van der Waals surface area contributed by atoms with Crippen LogP contribution in [0.25, 0.3) is 0 Å². The van der Waals surface area contributed by atoms with E-state index in [1.165, 1.54) is 4.31 Å². The molecular weight excluding hydrogens is 326 g/mol. The number of likely N-dealkylation sites (tertiary alicyclic amines) is 1. The molecule has 24 heavy (non-hydrogen) atoms. The van der Waals surface area contributed by atoms with Crippen LogP contribution in [0.15, 0.2) is 35.2 Å². The molecule has 0 spiro atoms. The Bertz CT molecular complexity index is 662. The van der Waals surface area contributed by atoms with Crippen molar-refractivity contribution >= 4 is 15.9 Å². The highest BCUT2D eigenvalue weighted by molar-refractivity contribution is 7.89. The Hall–Kier alpha value is -1.44. The lowest BCUT2D eigenvalue weighted by Gasteiger charge is -2.37. The number of piperazine rings is 1. The molecule has 0 aliphatic carbocycles. The lowest BCUT2D eigenvalue weighted by atomic mass is 9.95. The Morgan fingerprint density at radius 2 is 1.54 bits per heavy atom. The predicted molar refractivity (Wildman–Crippen MR) is 92.0 cm³/mol. The highest BCUT2D eigenvalue weighted by Crippen LogP contribution is 2.21. The summed E-state index contributed by atoms with van der Waals surface area (Å²) in [5.74, 6) is 0.290. The van der Waals surface area contributed by atoms with E-state index < -0.39 is 10.0 Å². The predicted octanol–water partition coefficient (Wildman–Crippen LogP) is 0.861. The Balaban J connectivity index is 1.59. The maximum atomic E-state index is 12.6. The van der Waals surface area contributed by atoms with Gasteiger partial charge in [0.15, 0.2) is 0 Å². The lowest BCUT2D eigenvalue weighted by Crippen LogP contribution is -2.52. The van der Waals surface area contributed by atoms with Gasteiger partial charge in [0.25, 0.3) is 0 Å². The molecule has 7 heteroatoms. The minimum absolute atomic E-state index is 0.0958. The minimum Gasteiger partial charge on any atom is -0.340 e. The van der Waals surface area contributed by atoms with Gasteiger partial charge in [-0.05, 0) is 45.1 Å². The zero-order valence-electron chi connectivity index (χ0n) is 14.1. The quantitative estimate of drug-likeness (QED) is 0.810. The molecule has 2 aliphatic heterocycles. The minimum atomic E-state index is -3.45. The van der Waals surface area contributed by atoms with E-state index in [4.69, 9.17) is 0 Å². The molecule has 0 aromatic heterocycles. The van der Waals surface area contributed by atoms with E-state index in [1.54, 1.807) is 30.3 Å². The topological polar surface area (TPSA) is 60.9 Å². The molecule has 1 aromatic rings. The summed E-state index contributed by atoms with van der Waals surface area (Å²) in [7, 11) is -1.38. The third kappa shape index (κ3) is 3.63. The number of hydrogen-bond acceptors (Lipinski definition) is 4. The standard InChI is InChI=1S/C17H25N3O3S/c1-18-9-7-15(8-10-18)17(21)19-11-13-20(14-12-19)24(22,23)16-5-3-2-4-6-16/h2-6,15H,7-14H2,1H3. The first-order valence-corrected chi connectivity index (χ1v) is 9.95. The fourth-order valence-corrected chi connectivity index (χ4v) is 4.85. The van der Waals surface area contributed by atoms with Crippen molar-refractivity contribution in [2.24, 2.45) is 5.92 Å². The van der Waals surface area contributed by atoms with Crippen molar-refractivity contribution in [3.05, 3.63) is 30.3 Å². The van der Waals surface area contributed by atoms with Gasteiger partial charge in [-0.2, -0.15) is 4.31 Å². The smallest absolute Gasteiger partial charge is 0.243 e. The molecule has 0 radical (unpaired) electrons. The average Bonchev–Trinajstić information content (AvgIpc) is 2.62. The normalized spacial score (nSPS) is 21.8. The van der Waals surface area contributed by atoms with Gasteiger partial charge < -0.3 is 9.80 Å². The number of hydrogen-bond donors (Lipinski definition) is 0. The van der Waals surface area contributed by atoms with Crippen LogP contribution in [0, 0.1) is 5.92 Å². The largest absolute Gasteiger partial charge is 0.340 e. The van der Waals surface area contributed by atoms with Gasteiger partial charge in [-0.3, -0.25) is 4.79 Å². The van der Waals surface area contributed by atoms with Gasteiger partial charge in [-0.15, -0.1) is 0 Å². The second-order valence-electron chi connectivity index (χ2n) is 6.62. The highest BCUT2D eigenvalue weighted by Gasteiger charge is 2.33. The number of sulfonamides is 1. The number of nitrogens with zero attached hydrogens (tertiary/aromatic N) is 3. The van der Waals surface area contributed by atoms with Gasteiger partial charge in [0.1, 0.15) is 0 Å². The van der Waals surface area contributed by atoms with Crippen LogP contribution >= 0.6 is 0 Å². The molecule has 0 N–H and O–H groups in total. The molecule has 0 bridgehead atoms. The monoisotopic (exact) mass is 351 g/mol. The number of rotatable bonds is 3. The lowest BCUT2D eigenvalue weighted by molar-refractivity contribution is -0.138. The molecule has 2 saturated heterocycles. The number of benzene rings is 1. The van der Waals surface area contributed by atoms with Crippen LogP contribution in [0.5, 0.6) is 0 Å². The van der Waals surface area contributed by atoms with Crippen molar-refractivity contribution in [2.45, 2.75) is 17.7 Å². The summed E-state index contributed by atoms with van der Waals surface area (Å²) in [5, 5.41) is 0. The molecule has 0 saturated carbocycles. The van der Waals surface area contributed by atoms with Gasteiger partial charge in [0.2, 0.25) is 15.9 Å². The van der Waals surface area contributed by atoms with Gasteiger partial charge in [0, 0.05) is 32.1 Å². The Morgan fingerprint density at radius 3 is 2.12 bits per heavy atom. The number of amides is 1. The highest BCUT2D eigenvalue weighted by atomic mass is 32.2. The van der Waals surface area contributed by atoms with Crippen molar-refractivity contribution in [3.63, 3.8) is 0 Å². The van der Waals surface area contributed by atoms with Gasteiger partial charge in [-0.25, -0.2) is 8.42 Å². The van der Waals surface area contributed by atoms with E-state index in [-0.39, 0.29) is 11.8 Å². The van der Waals surface area contributed by atoms with Crippen LogP contribution in [0.1, 0.15) is 12.8 Å². The molecule has 3 rings (SSSR count). The molecule has 6 nitrogen and oxygen atoms in total. The second-order valence-corrected chi connectivity index (χ2v) is 8.56. The van der Waals surface area contributed by atoms with Crippen LogP contribution in [-0.4, -0.2) is 74.7 Å². The van der Waals surface area contributed by atoms with Crippen LogP contribution < -0.4 is 0 Å². The van der Waals surface area contributed by atoms with Crippen molar-refractivity contribution in [1.82, 2.24) is 14.1 Å². The summed E-state index contributed by atoms with van der Waals surface area (Å²) < 4.78 is 26.7. The Morgan fingerprint density at radius 1 is 0.958 bits per heavy atom. The molecule has 2 heterocycles. The van der Waals surface area contributed by atoms with E-state index in [9.17, 15) is 13.2 Å². The van der Waals surface area contributed by atoms with Crippen molar-refractivity contribution in [2.75, 3.05) is 46.3 Å². The Kier molecular flexibility index (Phi) is 5.22. The van der Waals surface area contributed by atoms with E-state index >= 15 is 0 Å². The summed E-state index contributed by atoms with van der Waals surface area (Å²) in [6, 6.07) is 8.49. The summed E-state index contributed by atoms with van der Waals surface area (Å²) in [6.07, 6.45) is 1.80. The van der Waals surface area contributed by atoms with Crippen LogP contribution in [0.4, 0.5) is 0 Å². The average molecular weight is 351 g/mol. The number of carbonyl (C=O) groups excluding carboxylic acids is 1. The zero-order chi connectivity index (χ0) is 17.2. The SMILES string of the molecule is CN1CCC(C(=O)N2CCN(S(=O)(=O)c3ccccc3)CC2)CC1.